The van der Waals surface area contributed by atoms with Crippen LogP contribution >= 0.6 is 12.2 Å². The van der Waals surface area contributed by atoms with Gasteiger partial charge in [-0.1, -0.05) is 12.2 Å². The van der Waals surface area contributed by atoms with Gasteiger partial charge in [0.15, 0.2) is 11.6 Å². The molecule has 2 aromatic heterocycles. The third-order valence-electron chi connectivity index (χ3n) is 3.62. The van der Waals surface area contributed by atoms with Gasteiger partial charge in [0.05, 0.1) is 5.56 Å². The zero-order valence-corrected chi connectivity index (χ0v) is 12.6. The van der Waals surface area contributed by atoms with Gasteiger partial charge in [-0.2, -0.15) is 0 Å². The summed E-state index contributed by atoms with van der Waals surface area (Å²) in [4.78, 5) is 21.0. The summed E-state index contributed by atoms with van der Waals surface area (Å²) >= 11 is 5.10. The van der Waals surface area contributed by atoms with Crippen LogP contribution in [0.2, 0.25) is 0 Å². The topological polar surface area (TPSA) is 61.0 Å². The van der Waals surface area contributed by atoms with Crippen molar-refractivity contribution >= 4 is 23.9 Å². The summed E-state index contributed by atoms with van der Waals surface area (Å²) < 4.78 is 14.1. The van der Waals surface area contributed by atoms with Crippen LogP contribution < -0.4 is 10.2 Å². The molecular formula is C15H15FN4OS. The zero-order chi connectivity index (χ0) is 15.5. The molecule has 0 unspecified atom stereocenters. The van der Waals surface area contributed by atoms with Gasteiger partial charge in [0.1, 0.15) is 4.64 Å². The van der Waals surface area contributed by atoms with Crippen LogP contribution in [-0.4, -0.2) is 35.0 Å². The monoisotopic (exact) mass is 318 g/mol. The van der Waals surface area contributed by atoms with Crippen molar-refractivity contribution in [2.75, 3.05) is 18.0 Å². The molecule has 3 rings (SSSR count). The number of amides is 1. The summed E-state index contributed by atoms with van der Waals surface area (Å²) in [7, 11) is 0. The van der Waals surface area contributed by atoms with E-state index in [0.29, 0.717) is 29.1 Å². The molecule has 1 amide bonds. The molecule has 0 aliphatic carbocycles. The fraction of sp³-hybridized carbons (Fsp3) is 0.267. The molecule has 1 saturated heterocycles. The van der Waals surface area contributed by atoms with Gasteiger partial charge in [-0.25, -0.2) is 9.37 Å². The maximum atomic E-state index is 13.7. The van der Waals surface area contributed by atoms with Crippen molar-refractivity contribution in [2.24, 2.45) is 0 Å². The van der Waals surface area contributed by atoms with Gasteiger partial charge in [0.25, 0.3) is 5.91 Å². The third-order valence-corrected chi connectivity index (χ3v) is 3.96. The molecule has 0 radical (unpaired) electrons. The molecule has 1 fully saturated rings. The molecule has 2 aromatic rings. The van der Waals surface area contributed by atoms with E-state index in [9.17, 15) is 9.18 Å². The van der Waals surface area contributed by atoms with Gasteiger partial charge < -0.3 is 15.2 Å². The van der Waals surface area contributed by atoms with Crippen LogP contribution in [0.5, 0.6) is 0 Å². The number of rotatable bonds is 3. The molecule has 5 nitrogen and oxygen atoms in total. The Kier molecular flexibility index (Phi) is 4.15. The minimum atomic E-state index is -0.347. The molecule has 0 saturated carbocycles. The molecule has 1 aliphatic heterocycles. The number of nitrogens with zero attached hydrogens (tertiary/aromatic N) is 2. The molecule has 1 aliphatic rings. The van der Waals surface area contributed by atoms with E-state index in [0.717, 1.165) is 6.42 Å². The summed E-state index contributed by atoms with van der Waals surface area (Å²) in [6.07, 6.45) is 3.99. The molecule has 7 heteroatoms. The average Bonchev–Trinajstić information content (AvgIpc) is 2.96. The van der Waals surface area contributed by atoms with Crippen molar-refractivity contribution in [1.82, 2.24) is 15.3 Å². The molecule has 0 bridgehead atoms. The van der Waals surface area contributed by atoms with Crippen LogP contribution in [0.25, 0.3) is 0 Å². The van der Waals surface area contributed by atoms with E-state index in [1.807, 2.05) is 4.90 Å². The van der Waals surface area contributed by atoms with Crippen molar-refractivity contribution in [1.29, 1.82) is 0 Å². The first-order valence-electron chi connectivity index (χ1n) is 6.99. The summed E-state index contributed by atoms with van der Waals surface area (Å²) in [5.41, 5.74) is 0.444. The number of halogens is 1. The van der Waals surface area contributed by atoms with E-state index >= 15 is 0 Å². The number of carbonyl (C=O) groups excluding carboxylic acids is 1. The Hall–Kier alpha value is -2.28. The number of hydrogen-bond donors (Lipinski definition) is 2. The molecule has 1 atom stereocenters. The van der Waals surface area contributed by atoms with Crippen LogP contribution in [0.1, 0.15) is 16.8 Å². The fourth-order valence-corrected chi connectivity index (χ4v) is 2.77. The lowest BCUT2D eigenvalue weighted by Crippen LogP contribution is -2.37. The Labute approximate surface area is 132 Å². The second-order valence-electron chi connectivity index (χ2n) is 5.13. The maximum Gasteiger partial charge on any atom is 0.254 e. The standard InChI is InChI=1S/C15H15FN4OS/c16-12-4-2-6-17-13(12)20-8-5-10(9-20)19-14(21)11-3-1-7-18-15(11)22/h1-4,6-7,10H,5,8-9H2,(H,18,22)(H,19,21)/t10-/m0/s1. The highest BCUT2D eigenvalue weighted by Crippen LogP contribution is 2.21. The van der Waals surface area contributed by atoms with Crippen molar-refractivity contribution in [2.45, 2.75) is 12.5 Å². The van der Waals surface area contributed by atoms with E-state index in [4.69, 9.17) is 12.2 Å². The van der Waals surface area contributed by atoms with Gasteiger partial charge in [-0.3, -0.25) is 4.79 Å². The quantitative estimate of drug-likeness (QED) is 0.853. The van der Waals surface area contributed by atoms with Crippen LogP contribution in [0.4, 0.5) is 10.2 Å². The summed E-state index contributed by atoms with van der Waals surface area (Å²) in [5.74, 6) is -0.230. The number of H-pyrrole nitrogens is 1. The normalized spacial score (nSPS) is 17.5. The number of pyridine rings is 2. The van der Waals surface area contributed by atoms with Gasteiger partial charge in [-0.15, -0.1) is 0 Å². The first-order chi connectivity index (χ1) is 10.6. The minimum absolute atomic E-state index is 0.0523. The molecule has 0 aromatic carbocycles. The van der Waals surface area contributed by atoms with Crippen LogP contribution in [0, 0.1) is 10.5 Å². The van der Waals surface area contributed by atoms with E-state index in [2.05, 4.69) is 15.3 Å². The lowest BCUT2D eigenvalue weighted by Gasteiger charge is -2.18. The largest absolute Gasteiger partial charge is 0.352 e. The first kappa shape index (κ1) is 14.6. The van der Waals surface area contributed by atoms with E-state index < -0.39 is 0 Å². The second kappa shape index (κ2) is 6.23. The first-order valence-corrected chi connectivity index (χ1v) is 7.40. The van der Waals surface area contributed by atoms with E-state index in [-0.39, 0.29) is 17.8 Å². The molecule has 0 spiro atoms. The Balaban J connectivity index is 1.67. The summed E-state index contributed by atoms with van der Waals surface area (Å²) in [6.45, 7) is 1.18. The number of hydrogen-bond acceptors (Lipinski definition) is 4. The number of aromatic amines is 1. The number of aromatic nitrogens is 2. The Morgan fingerprint density at radius 3 is 3.09 bits per heavy atom. The smallest absolute Gasteiger partial charge is 0.254 e. The molecule has 2 N–H and O–H groups in total. The van der Waals surface area contributed by atoms with Crippen molar-refractivity contribution in [3.63, 3.8) is 0 Å². The highest BCUT2D eigenvalue weighted by Gasteiger charge is 2.26. The Morgan fingerprint density at radius 2 is 2.32 bits per heavy atom. The highest BCUT2D eigenvalue weighted by atomic mass is 32.1. The molecule has 114 valence electrons. The minimum Gasteiger partial charge on any atom is -0.352 e. The molecular weight excluding hydrogens is 303 g/mol. The second-order valence-corrected chi connectivity index (χ2v) is 5.54. The van der Waals surface area contributed by atoms with Crippen LogP contribution in [-0.2, 0) is 0 Å². The number of anilines is 1. The lowest BCUT2D eigenvalue weighted by molar-refractivity contribution is 0.0939. The lowest BCUT2D eigenvalue weighted by atomic mass is 10.2. The van der Waals surface area contributed by atoms with Gasteiger partial charge in [0, 0.05) is 31.5 Å². The highest BCUT2D eigenvalue weighted by molar-refractivity contribution is 7.71. The van der Waals surface area contributed by atoms with Crippen LogP contribution in [0.3, 0.4) is 0 Å². The Bertz CT molecular complexity index is 748. The molecule has 3 heterocycles. The number of carbonyl (C=O) groups is 1. The van der Waals surface area contributed by atoms with E-state index in [1.165, 1.54) is 6.07 Å². The predicted octanol–water partition coefficient (Wildman–Crippen LogP) is 2.29. The Morgan fingerprint density at radius 1 is 1.45 bits per heavy atom. The van der Waals surface area contributed by atoms with Crippen molar-refractivity contribution in [3.8, 4) is 0 Å². The van der Waals surface area contributed by atoms with Crippen molar-refractivity contribution in [3.05, 3.63) is 52.7 Å². The number of nitrogens with one attached hydrogen (secondary N) is 2. The maximum absolute atomic E-state index is 13.7. The van der Waals surface area contributed by atoms with E-state index in [1.54, 1.807) is 30.6 Å². The summed E-state index contributed by atoms with van der Waals surface area (Å²) in [6, 6.07) is 6.31. The fourth-order valence-electron chi connectivity index (χ4n) is 2.54. The van der Waals surface area contributed by atoms with Crippen molar-refractivity contribution < 1.29 is 9.18 Å². The van der Waals surface area contributed by atoms with Crippen LogP contribution in [0.15, 0.2) is 36.7 Å². The van der Waals surface area contributed by atoms with Gasteiger partial charge in [0.2, 0.25) is 0 Å². The summed E-state index contributed by atoms with van der Waals surface area (Å²) in [5, 5.41) is 2.94. The predicted molar refractivity (Wildman–Crippen MR) is 83.9 cm³/mol. The SMILES string of the molecule is O=C(N[C@H]1CCN(c2ncccc2F)C1)c1ccc[nH]c1=S. The molecule has 22 heavy (non-hydrogen) atoms. The van der Waals surface area contributed by atoms with Gasteiger partial charge >= 0.3 is 0 Å². The third kappa shape index (κ3) is 2.99. The average molecular weight is 318 g/mol. The van der Waals surface area contributed by atoms with Gasteiger partial charge in [-0.05, 0) is 30.7 Å². The zero-order valence-electron chi connectivity index (χ0n) is 11.8.